The number of benzene rings is 1. The lowest BCUT2D eigenvalue weighted by atomic mass is 10.0. The second-order valence-corrected chi connectivity index (χ2v) is 5.22. The van der Waals surface area contributed by atoms with Crippen LogP contribution in [0.2, 0.25) is 0 Å². The maximum Gasteiger partial charge on any atom is 0.0558 e. The van der Waals surface area contributed by atoms with E-state index in [1.54, 1.807) is 0 Å². The molecule has 3 heteroatoms. The molecule has 100 valence electrons. The van der Waals surface area contributed by atoms with Crippen LogP contribution in [0.5, 0.6) is 0 Å². The van der Waals surface area contributed by atoms with Crippen LogP contribution in [0.15, 0.2) is 30.3 Å². The highest BCUT2D eigenvalue weighted by atomic mass is 16.3. The highest BCUT2D eigenvalue weighted by Gasteiger charge is 2.22. The molecule has 18 heavy (non-hydrogen) atoms. The van der Waals surface area contributed by atoms with Crippen molar-refractivity contribution in [1.29, 1.82) is 0 Å². The Hall–Kier alpha value is -0.900. The van der Waals surface area contributed by atoms with Crippen molar-refractivity contribution in [2.45, 2.75) is 25.4 Å². The zero-order valence-corrected chi connectivity index (χ0v) is 11.3. The molecule has 1 saturated heterocycles. The molecule has 1 atom stereocenters. The van der Waals surface area contributed by atoms with Crippen molar-refractivity contribution in [2.24, 2.45) is 0 Å². The van der Waals surface area contributed by atoms with Gasteiger partial charge in [0, 0.05) is 25.7 Å². The van der Waals surface area contributed by atoms with E-state index in [-0.39, 0.29) is 6.61 Å². The normalized spacial score (nSPS) is 21.4. The molecule has 3 nitrogen and oxygen atoms in total. The van der Waals surface area contributed by atoms with E-state index >= 15 is 0 Å². The Labute approximate surface area is 110 Å². The van der Waals surface area contributed by atoms with Crippen LogP contribution in [0.3, 0.4) is 0 Å². The molecule has 0 spiro atoms. The van der Waals surface area contributed by atoms with Crippen LogP contribution in [0.4, 0.5) is 0 Å². The maximum absolute atomic E-state index is 9.02. The third kappa shape index (κ3) is 3.80. The standard InChI is InChI=1S/C15H24N2O/c1-16(12-14-6-3-2-4-7-14)15-8-5-9-17(13-15)10-11-18/h2-4,6-7,15,18H,5,8-13H2,1H3/t15-/m0/s1. The van der Waals surface area contributed by atoms with Gasteiger partial charge in [0.15, 0.2) is 0 Å². The Balaban J connectivity index is 1.86. The Morgan fingerprint density at radius 3 is 2.83 bits per heavy atom. The molecule has 0 aliphatic carbocycles. The van der Waals surface area contributed by atoms with Crippen LogP contribution in [0.1, 0.15) is 18.4 Å². The first-order valence-electron chi connectivity index (χ1n) is 6.87. The zero-order chi connectivity index (χ0) is 12.8. The Morgan fingerprint density at radius 2 is 2.11 bits per heavy atom. The SMILES string of the molecule is CN(Cc1ccccc1)[C@H]1CCCN(CCO)C1. The minimum Gasteiger partial charge on any atom is -0.395 e. The van der Waals surface area contributed by atoms with E-state index in [2.05, 4.69) is 47.2 Å². The Bertz CT molecular complexity index is 340. The predicted molar refractivity (Wildman–Crippen MR) is 74.5 cm³/mol. The fourth-order valence-corrected chi connectivity index (χ4v) is 2.74. The van der Waals surface area contributed by atoms with Crippen LogP contribution < -0.4 is 0 Å². The molecule has 1 aliphatic rings. The van der Waals surface area contributed by atoms with Crippen LogP contribution in [0.25, 0.3) is 0 Å². The Kier molecular flexibility index (Phi) is 5.17. The number of piperidine rings is 1. The minimum absolute atomic E-state index is 0.273. The van der Waals surface area contributed by atoms with E-state index in [9.17, 15) is 0 Å². The van der Waals surface area contributed by atoms with E-state index < -0.39 is 0 Å². The van der Waals surface area contributed by atoms with E-state index in [0.29, 0.717) is 6.04 Å². The van der Waals surface area contributed by atoms with Gasteiger partial charge in [-0.05, 0) is 32.0 Å². The van der Waals surface area contributed by atoms with Crippen molar-refractivity contribution in [3.8, 4) is 0 Å². The van der Waals surface area contributed by atoms with Crippen molar-refractivity contribution in [1.82, 2.24) is 9.80 Å². The van der Waals surface area contributed by atoms with Gasteiger partial charge in [-0.1, -0.05) is 30.3 Å². The molecule has 0 saturated carbocycles. The summed E-state index contributed by atoms with van der Waals surface area (Å²) in [5.41, 5.74) is 1.37. The van der Waals surface area contributed by atoms with E-state index in [0.717, 1.165) is 26.2 Å². The molecule has 0 bridgehead atoms. The van der Waals surface area contributed by atoms with Gasteiger partial charge in [-0.3, -0.25) is 9.80 Å². The van der Waals surface area contributed by atoms with Crippen LogP contribution in [0, 0.1) is 0 Å². The molecule has 0 amide bonds. The van der Waals surface area contributed by atoms with Gasteiger partial charge >= 0.3 is 0 Å². The second kappa shape index (κ2) is 6.88. The maximum atomic E-state index is 9.02. The number of hydrogen-bond acceptors (Lipinski definition) is 3. The van der Waals surface area contributed by atoms with E-state index in [4.69, 9.17) is 5.11 Å². The van der Waals surface area contributed by atoms with Crippen LogP contribution >= 0.6 is 0 Å². The van der Waals surface area contributed by atoms with Gasteiger partial charge in [0.2, 0.25) is 0 Å². The van der Waals surface area contributed by atoms with Gasteiger partial charge < -0.3 is 5.11 Å². The van der Waals surface area contributed by atoms with Gasteiger partial charge in [0.1, 0.15) is 0 Å². The average molecular weight is 248 g/mol. The third-order valence-corrected chi connectivity index (χ3v) is 3.80. The van der Waals surface area contributed by atoms with Crippen molar-refractivity contribution in [2.75, 3.05) is 33.3 Å². The summed E-state index contributed by atoms with van der Waals surface area (Å²) in [7, 11) is 2.21. The number of nitrogens with zero attached hydrogens (tertiary/aromatic N) is 2. The number of aliphatic hydroxyl groups excluding tert-OH is 1. The van der Waals surface area contributed by atoms with Crippen molar-refractivity contribution in [3.63, 3.8) is 0 Å². The molecule has 0 aromatic heterocycles. The van der Waals surface area contributed by atoms with E-state index in [1.165, 1.54) is 18.4 Å². The lowest BCUT2D eigenvalue weighted by Gasteiger charge is -2.37. The summed E-state index contributed by atoms with van der Waals surface area (Å²) < 4.78 is 0. The zero-order valence-electron chi connectivity index (χ0n) is 11.3. The molecule has 1 N–H and O–H groups in total. The summed E-state index contributed by atoms with van der Waals surface area (Å²) in [5, 5.41) is 9.02. The summed E-state index contributed by atoms with van der Waals surface area (Å²) in [4.78, 5) is 4.81. The summed E-state index contributed by atoms with van der Waals surface area (Å²) in [6.45, 7) is 4.32. The highest BCUT2D eigenvalue weighted by molar-refractivity contribution is 5.14. The lowest BCUT2D eigenvalue weighted by molar-refractivity contribution is 0.0965. The predicted octanol–water partition coefficient (Wildman–Crippen LogP) is 1.58. The second-order valence-electron chi connectivity index (χ2n) is 5.22. The topological polar surface area (TPSA) is 26.7 Å². The number of hydrogen-bond donors (Lipinski definition) is 1. The minimum atomic E-state index is 0.273. The molecule has 1 aliphatic heterocycles. The smallest absolute Gasteiger partial charge is 0.0558 e. The summed E-state index contributed by atoms with van der Waals surface area (Å²) in [6.07, 6.45) is 2.51. The first-order valence-corrected chi connectivity index (χ1v) is 6.87. The fourth-order valence-electron chi connectivity index (χ4n) is 2.74. The first-order chi connectivity index (χ1) is 8.79. The van der Waals surface area contributed by atoms with Crippen molar-refractivity contribution < 1.29 is 5.11 Å². The van der Waals surface area contributed by atoms with Crippen LogP contribution in [-0.4, -0.2) is 54.2 Å². The van der Waals surface area contributed by atoms with E-state index in [1.807, 2.05) is 0 Å². The van der Waals surface area contributed by atoms with Gasteiger partial charge in [-0.25, -0.2) is 0 Å². The molecule has 1 heterocycles. The van der Waals surface area contributed by atoms with Gasteiger partial charge in [-0.2, -0.15) is 0 Å². The van der Waals surface area contributed by atoms with Gasteiger partial charge in [-0.15, -0.1) is 0 Å². The molecule has 1 aromatic rings. The molecule has 1 aromatic carbocycles. The summed E-state index contributed by atoms with van der Waals surface area (Å²) in [6, 6.07) is 11.2. The first kappa shape index (κ1) is 13.5. The molecular weight excluding hydrogens is 224 g/mol. The molecule has 0 radical (unpaired) electrons. The number of likely N-dealkylation sites (tertiary alicyclic amines) is 1. The largest absolute Gasteiger partial charge is 0.395 e. The van der Waals surface area contributed by atoms with Gasteiger partial charge in [0.25, 0.3) is 0 Å². The highest BCUT2D eigenvalue weighted by Crippen LogP contribution is 2.16. The number of rotatable bonds is 5. The average Bonchev–Trinajstić information content (AvgIpc) is 2.40. The Morgan fingerprint density at radius 1 is 1.33 bits per heavy atom. The van der Waals surface area contributed by atoms with Crippen molar-refractivity contribution >= 4 is 0 Å². The monoisotopic (exact) mass is 248 g/mol. The van der Waals surface area contributed by atoms with Crippen LogP contribution in [-0.2, 0) is 6.54 Å². The quantitative estimate of drug-likeness (QED) is 0.857. The summed E-state index contributed by atoms with van der Waals surface area (Å²) >= 11 is 0. The summed E-state index contributed by atoms with van der Waals surface area (Å²) in [5.74, 6) is 0. The fraction of sp³-hybridized carbons (Fsp3) is 0.600. The number of likely N-dealkylation sites (N-methyl/N-ethyl adjacent to an activating group) is 1. The molecule has 2 rings (SSSR count). The van der Waals surface area contributed by atoms with Crippen molar-refractivity contribution in [3.05, 3.63) is 35.9 Å². The molecule has 1 fully saturated rings. The molecular formula is C15H24N2O. The number of aliphatic hydroxyl groups is 1. The lowest BCUT2D eigenvalue weighted by Crippen LogP contribution is -2.46. The third-order valence-electron chi connectivity index (χ3n) is 3.80. The van der Waals surface area contributed by atoms with Gasteiger partial charge in [0.05, 0.1) is 6.61 Å². The molecule has 0 unspecified atom stereocenters. The number of β-amino-alcohol motifs (C(OH)–C–C–N with tert-alkyl or cyclic N) is 1.